The Morgan fingerprint density at radius 3 is 1.92 bits per heavy atom. The Morgan fingerprint density at radius 2 is 1.62 bits per heavy atom. The molecule has 2 unspecified atom stereocenters. The minimum atomic E-state index is 0.286. The van der Waals surface area contributed by atoms with Crippen LogP contribution in [0.4, 0.5) is 0 Å². The molecule has 0 spiro atoms. The van der Waals surface area contributed by atoms with Crippen molar-refractivity contribution in [2.24, 2.45) is 17.3 Å². The van der Waals surface area contributed by atoms with Crippen LogP contribution in [0.5, 0.6) is 0 Å². The summed E-state index contributed by atoms with van der Waals surface area (Å²) in [6, 6.07) is 0. The molecule has 0 fully saturated rings. The third-order valence-corrected chi connectivity index (χ3v) is 3.27. The average Bonchev–Trinajstić information content (AvgIpc) is 2.01. The van der Waals surface area contributed by atoms with Crippen molar-refractivity contribution < 1.29 is 0 Å². The topological polar surface area (TPSA) is 0 Å². The van der Waals surface area contributed by atoms with Gasteiger partial charge >= 0.3 is 0 Å². The lowest BCUT2D eigenvalue weighted by Crippen LogP contribution is -2.24. The van der Waals surface area contributed by atoms with E-state index < -0.39 is 0 Å². The normalized spacial score (nSPS) is 17.5. The van der Waals surface area contributed by atoms with Crippen LogP contribution in [0, 0.1) is 17.3 Å². The second-order valence-corrected chi connectivity index (χ2v) is 5.47. The highest BCUT2D eigenvalue weighted by Crippen LogP contribution is 2.40. The van der Waals surface area contributed by atoms with E-state index in [1.165, 1.54) is 6.42 Å². The molecule has 0 aromatic rings. The van der Waals surface area contributed by atoms with Crippen LogP contribution in [-0.4, -0.2) is 7.85 Å². The van der Waals surface area contributed by atoms with Crippen LogP contribution in [-0.2, 0) is 0 Å². The van der Waals surface area contributed by atoms with Crippen molar-refractivity contribution in [2.45, 2.75) is 60.2 Å². The zero-order valence-corrected chi connectivity index (χ0v) is 10.2. The quantitative estimate of drug-likeness (QED) is 0.559. The Hall–Kier alpha value is 0.0649. The second kappa shape index (κ2) is 5.07. The molecule has 13 heavy (non-hydrogen) atoms. The zero-order valence-electron chi connectivity index (χ0n) is 10.2. The van der Waals surface area contributed by atoms with Gasteiger partial charge in [-0.25, -0.2) is 0 Å². The van der Waals surface area contributed by atoms with Gasteiger partial charge in [0.25, 0.3) is 0 Å². The molecule has 0 saturated carbocycles. The van der Waals surface area contributed by atoms with Crippen molar-refractivity contribution in [3.05, 3.63) is 0 Å². The summed E-state index contributed by atoms with van der Waals surface area (Å²) in [4.78, 5) is 0. The summed E-state index contributed by atoms with van der Waals surface area (Å²) in [5.74, 6) is 1.73. The molecule has 76 valence electrons. The first kappa shape index (κ1) is 13.1. The summed E-state index contributed by atoms with van der Waals surface area (Å²) >= 11 is 0. The summed E-state index contributed by atoms with van der Waals surface area (Å²) in [5, 5.41) is 0. The van der Waals surface area contributed by atoms with Gasteiger partial charge in [0, 0.05) is 0 Å². The first-order chi connectivity index (χ1) is 5.81. The van der Waals surface area contributed by atoms with E-state index in [1.807, 2.05) is 0 Å². The molecule has 0 nitrogen and oxygen atoms in total. The number of hydrogen-bond acceptors (Lipinski definition) is 0. The standard InChI is InChI=1S/C12H25B/c1-7-12(5,6)11(13)10(4)8-9(2)3/h9-11H,7-8H2,1-6H3. The third-order valence-electron chi connectivity index (χ3n) is 3.27. The van der Waals surface area contributed by atoms with Gasteiger partial charge in [-0.05, 0) is 23.7 Å². The highest BCUT2D eigenvalue weighted by molar-refractivity contribution is 6.12. The molecule has 0 aliphatic carbocycles. The fourth-order valence-electron chi connectivity index (χ4n) is 1.90. The smallest absolute Gasteiger partial charge is 0.0698 e. The molecule has 1 heteroatoms. The highest BCUT2D eigenvalue weighted by Gasteiger charge is 2.27. The molecule has 0 aliphatic heterocycles. The molecular weight excluding hydrogens is 155 g/mol. The minimum Gasteiger partial charge on any atom is -0.0698 e. The first-order valence-electron chi connectivity index (χ1n) is 5.56. The fourth-order valence-corrected chi connectivity index (χ4v) is 1.90. The third kappa shape index (κ3) is 4.20. The van der Waals surface area contributed by atoms with Crippen LogP contribution in [0.3, 0.4) is 0 Å². The lowest BCUT2D eigenvalue weighted by atomic mass is 9.59. The lowest BCUT2D eigenvalue weighted by molar-refractivity contribution is 0.247. The maximum absolute atomic E-state index is 6.25. The molecule has 0 aromatic heterocycles. The van der Waals surface area contributed by atoms with Crippen LogP contribution >= 0.6 is 0 Å². The molecule has 2 atom stereocenters. The van der Waals surface area contributed by atoms with Gasteiger partial charge in [0.05, 0.1) is 7.85 Å². The summed E-state index contributed by atoms with van der Waals surface area (Å²) in [6.07, 6.45) is 2.40. The Morgan fingerprint density at radius 1 is 1.15 bits per heavy atom. The Balaban J connectivity index is 4.16. The van der Waals surface area contributed by atoms with E-state index in [0.717, 1.165) is 12.3 Å². The maximum atomic E-state index is 6.25. The molecule has 0 saturated heterocycles. The zero-order chi connectivity index (χ0) is 10.6. The molecule has 0 aliphatic rings. The molecule has 0 aromatic carbocycles. The Kier molecular flexibility index (Phi) is 5.10. The van der Waals surface area contributed by atoms with Gasteiger partial charge < -0.3 is 0 Å². The van der Waals surface area contributed by atoms with Gasteiger partial charge in [-0.3, -0.25) is 0 Å². The molecular formula is C12H25B. The van der Waals surface area contributed by atoms with E-state index in [1.54, 1.807) is 0 Å². The molecule has 0 N–H and O–H groups in total. The highest BCUT2D eigenvalue weighted by atomic mass is 14.3. The minimum absolute atomic E-state index is 0.286. The van der Waals surface area contributed by atoms with Crippen molar-refractivity contribution in [2.75, 3.05) is 0 Å². The van der Waals surface area contributed by atoms with E-state index in [-0.39, 0.29) is 5.41 Å². The van der Waals surface area contributed by atoms with Gasteiger partial charge in [0.15, 0.2) is 0 Å². The van der Waals surface area contributed by atoms with Gasteiger partial charge in [-0.2, -0.15) is 0 Å². The molecule has 0 amide bonds. The van der Waals surface area contributed by atoms with Crippen molar-refractivity contribution in [3.8, 4) is 0 Å². The van der Waals surface area contributed by atoms with Gasteiger partial charge in [-0.15, -0.1) is 0 Å². The van der Waals surface area contributed by atoms with Crippen molar-refractivity contribution in [1.29, 1.82) is 0 Å². The lowest BCUT2D eigenvalue weighted by Gasteiger charge is -2.36. The van der Waals surface area contributed by atoms with Gasteiger partial charge in [0.1, 0.15) is 0 Å². The van der Waals surface area contributed by atoms with Crippen LogP contribution in [0.1, 0.15) is 54.4 Å². The van der Waals surface area contributed by atoms with Gasteiger partial charge in [0.2, 0.25) is 0 Å². The van der Waals surface area contributed by atoms with Crippen LogP contribution < -0.4 is 0 Å². The largest absolute Gasteiger partial charge is 0.0710 e. The molecule has 0 rings (SSSR count). The predicted molar refractivity (Wildman–Crippen MR) is 62.2 cm³/mol. The summed E-state index contributed by atoms with van der Waals surface area (Å²) in [5.41, 5.74) is 0.286. The van der Waals surface area contributed by atoms with E-state index >= 15 is 0 Å². The number of rotatable bonds is 5. The number of hydrogen-bond donors (Lipinski definition) is 0. The summed E-state index contributed by atoms with van der Waals surface area (Å²) in [6.45, 7) is 13.6. The second-order valence-electron chi connectivity index (χ2n) is 5.47. The molecule has 2 radical (unpaired) electrons. The van der Waals surface area contributed by atoms with E-state index in [2.05, 4.69) is 41.5 Å². The molecule has 0 bridgehead atoms. The van der Waals surface area contributed by atoms with E-state index in [4.69, 9.17) is 7.85 Å². The first-order valence-corrected chi connectivity index (χ1v) is 5.56. The Labute approximate surface area is 85.9 Å². The average molecular weight is 180 g/mol. The SMILES string of the molecule is [B]C(C(C)CC(C)C)C(C)(C)CC. The van der Waals surface area contributed by atoms with Crippen molar-refractivity contribution in [1.82, 2.24) is 0 Å². The van der Waals surface area contributed by atoms with Crippen LogP contribution in [0.25, 0.3) is 0 Å². The van der Waals surface area contributed by atoms with Crippen LogP contribution in [0.2, 0.25) is 5.82 Å². The fraction of sp³-hybridized carbons (Fsp3) is 1.00. The monoisotopic (exact) mass is 180 g/mol. The van der Waals surface area contributed by atoms with Crippen molar-refractivity contribution >= 4 is 7.85 Å². The van der Waals surface area contributed by atoms with Crippen molar-refractivity contribution in [3.63, 3.8) is 0 Å². The van der Waals surface area contributed by atoms with Gasteiger partial charge in [-0.1, -0.05) is 53.8 Å². The van der Waals surface area contributed by atoms with E-state index in [0.29, 0.717) is 11.7 Å². The maximum Gasteiger partial charge on any atom is 0.0710 e. The summed E-state index contributed by atoms with van der Waals surface area (Å²) < 4.78 is 0. The predicted octanol–water partition coefficient (Wildman–Crippen LogP) is 4.06. The summed E-state index contributed by atoms with van der Waals surface area (Å²) in [7, 11) is 6.25. The molecule has 0 heterocycles. The Bertz CT molecular complexity index is 138. The van der Waals surface area contributed by atoms with Crippen LogP contribution in [0.15, 0.2) is 0 Å². The van der Waals surface area contributed by atoms with E-state index in [9.17, 15) is 0 Å².